The van der Waals surface area contributed by atoms with Crippen LogP contribution >= 0.6 is 36.2 Å². The van der Waals surface area contributed by atoms with Gasteiger partial charge in [0.1, 0.15) is 4.88 Å². The van der Waals surface area contributed by atoms with Gasteiger partial charge in [-0.3, -0.25) is 0 Å². The fourth-order valence-electron chi connectivity index (χ4n) is 0.400. The van der Waals surface area contributed by atoms with E-state index in [1.54, 1.807) is 17.5 Å². The first kappa shape index (κ1) is 12.4. The Kier molecular flexibility index (Phi) is 6.87. The highest BCUT2D eigenvalue weighted by Gasteiger charge is 1.99. The summed E-state index contributed by atoms with van der Waals surface area (Å²) in [5.74, 6) is -0.847. The number of hydrogen-bond acceptors (Lipinski definition) is 2. The van der Waals surface area contributed by atoms with Gasteiger partial charge in [0.25, 0.3) is 0 Å². The van der Waals surface area contributed by atoms with E-state index in [0.29, 0.717) is 4.88 Å². The number of carboxylic acids is 1. The molecule has 0 unspecified atom stereocenters. The smallest absolute Gasteiger partial charge is 0.345 e. The molecule has 0 aliphatic rings. The van der Waals surface area contributed by atoms with E-state index in [4.69, 9.17) is 5.11 Å². The summed E-state index contributed by atoms with van der Waals surface area (Å²) in [6, 6.07) is 3.29. The molecule has 0 amide bonds. The molecule has 58 valence electrons. The van der Waals surface area contributed by atoms with Crippen LogP contribution in [0, 0.1) is 0 Å². The Hall–Kier alpha value is -0.250. The molecular weight excluding hydrogens is 195 g/mol. The van der Waals surface area contributed by atoms with Crippen LogP contribution in [0.15, 0.2) is 17.5 Å². The van der Waals surface area contributed by atoms with Gasteiger partial charge in [0.15, 0.2) is 0 Å². The first-order chi connectivity index (χ1) is 3.80. The predicted molar refractivity (Wildman–Crippen MR) is 45.8 cm³/mol. The molecule has 0 spiro atoms. The second kappa shape index (κ2) is 5.53. The zero-order chi connectivity index (χ0) is 5.98. The number of carboxylic acid groups (broad SMARTS) is 1. The van der Waals surface area contributed by atoms with Gasteiger partial charge in [-0.15, -0.1) is 36.2 Å². The van der Waals surface area contributed by atoms with Crippen LogP contribution in [0.25, 0.3) is 0 Å². The van der Waals surface area contributed by atoms with E-state index in [2.05, 4.69) is 0 Å². The molecule has 5 heteroatoms. The zero-order valence-electron chi connectivity index (χ0n) is 4.81. The fourth-order valence-corrected chi connectivity index (χ4v) is 0.962. The van der Waals surface area contributed by atoms with Gasteiger partial charge in [-0.2, -0.15) is 0 Å². The topological polar surface area (TPSA) is 37.3 Å². The minimum absolute atomic E-state index is 0. The molecule has 1 rings (SSSR count). The summed E-state index contributed by atoms with van der Waals surface area (Å²) >= 11 is 1.23. The van der Waals surface area contributed by atoms with Crippen LogP contribution in [0.1, 0.15) is 9.67 Å². The molecule has 2 nitrogen and oxygen atoms in total. The number of thiophene rings is 1. The summed E-state index contributed by atoms with van der Waals surface area (Å²) in [5.41, 5.74) is 0. The Morgan fingerprint density at radius 3 is 2.30 bits per heavy atom. The summed E-state index contributed by atoms with van der Waals surface area (Å²) in [6.07, 6.45) is 0. The van der Waals surface area contributed by atoms with Crippen LogP contribution in [0.4, 0.5) is 0 Å². The van der Waals surface area contributed by atoms with Crippen LogP contribution < -0.4 is 0 Å². The van der Waals surface area contributed by atoms with Gasteiger partial charge in [0, 0.05) is 0 Å². The molecule has 0 atom stereocenters. The maximum Gasteiger partial charge on any atom is 0.345 e. The standard InChI is InChI=1S/C5H4O2S.2ClH/c6-5(7)4-2-1-3-8-4;;/h1-3H,(H,6,7);2*1H. The van der Waals surface area contributed by atoms with Crippen molar-refractivity contribution >= 4 is 42.1 Å². The second-order valence-electron chi connectivity index (χ2n) is 1.28. The van der Waals surface area contributed by atoms with Crippen molar-refractivity contribution in [3.05, 3.63) is 22.4 Å². The Morgan fingerprint density at radius 2 is 2.10 bits per heavy atom. The molecule has 0 saturated carbocycles. The van der Waals surface area contributed by atoms with Crippen molar-refractivity contribution in [2.45, 2.75) is 0 Å². The maximum atomic E-state index is 10.1. The molecule has 0 fully saturated rings. The number of halogens is 2. The lowest BCUT2D eigenvalue weighted by Gasteiger charge is -1.78. The molecule has 0 radical (unpaired) electrons. The Balaban J connectivity index is 0. The number of aromatic carboxylic acids is 1. The number of carbonyl (C=O) groups is 1. The summed E-state index contributed by atoms with van der Waals surface area (Å²) in [5, 5.41) is 10.0. The average molecular weight is 201 g/mol. The van der Waals surface area contributed by atoms with E-state index in [-0.39, 0.29) is 24.8 Å². The molecule has 0 saturated heterocycles. The predicted octanol–water partition coefficient (Wildman–Crippen LogP) is 2.29. The van der Waals surface area contributed by atoms with Crippen molar-refractivity contribution in [3.8, 4) is 0 Å². The van der Waals surface area contributed by atoms with Gasteiger partial charge < -0.3 is 5.11 Å². The number of hydrogen-bond donors (Lipinski definition) is 1. The van der Waals surface area contributed by atoms with Crippen molar-refractivity contribution in [3.63, 3.8) is 0 Å². The highest BCUT2D eigenvalue weighted by atomic mass is 35.5. The molecule has 0 aliphatic heterocycles. The first-order valence-electron chi connectivity index (χ1n) is 2.07. The van der Waals surface area contributed by atoms with Gasteiger partial charge in [0.05, 0.1) is 0 Å². The Labute approximate surface area is 74.7 Å². The zero-order valence-corrected chi connectivity index (χ0v) is 7.26. The average Bonchev–Trinajstić information content (AvgIpc) is 2.12. The molecule has 0 bridgehead atoms. The summed E-state index contributed by atoms with van der Waals surface area (Å²) in [6.45, 7) is 0. The quantitative estimate of drug-likeness (QED) is 0.756. The van der Waals surface area contributed by atoms with Crippen LogP contribution in [-0.2, 0) is 0 Å². The first-order valence-corrected chi connectivity index (χ1v) is 2.95. The Morgan fingerprint density at radius 1 is 1.50 bits per heavy atom. The monoisotopic (exact) mass is 200 g/mol. The third kappa shape index (κ3) is 3.06. The Bertz CT molecular complexity index is 186. The third-order valence-corrected chi connectivity index (χ3v) is 1.59. The minimum atomic E-state index is -0.847. The van der Waals surface area contributed by atoms with Gasteiger partial charge in [0.2, 0.25) is 0 Å². The van der Waals surface area contributed by atoms with Crippen molar-refractivity contribution in [2.24, 2.45) is 0 Å². The molecule has 10 heavy (non-hydrogen) atoms. The lowest BCUT2D eigenvalue weighted by Crippen LogP contribution is -1.89. The highest BCUT2D eigenvalue weighted by molar-refractivity contribution is 7.11. The lowest BCUT2D eigenvalue weighted by atomic mass is 10.5. The van der Waals surface area contributed by atoms with E-state index in [1.807, 2.05) is 0 Å². The van der Waals surface area contributed by atoms with E-state index in [1.165, 1.54) is 11.3 Å². The van der Waals surface area contributed by atoms with Crippen LogP contribution in [0.2, 0.25) is 0 Å². The van der Waals surface area contributed by atoms with Crippen molar-refractivity contribution in [2.75, 3.05) is 0 Å². The molecule has 1 aromatic heterocycles. The summed E-state index contributed by atoms with van der Waals surface area (Å²) in [4.78, 5) is 10.5. The van der Waals surface area contributed by atoms with Crippen LogP contribution in [-0.4, -0.2) is 11.1 Å². The molecule has 0 aliphatic carbocycles. The maximum absolute atomic E-state index is 10.1. The lowest BCUT2D eigenvalue weighted by molar-refractivity contribution is 0.0702. The van der Waals surface area contributed by atoms with Gasteiger partial charge in [-0.25, -0.2) is 4.79 Å². The normalized spacial score (nSPS) is 7.20. The molecule has 1 N–H and O–H groups in total. The molecular formula is C5H6Cl2O2S. The second-order valence-corrected chi connectivity index (χ2v) is 2.23. The van der Waals surface area contributed by atoms with Gasteiger partial charge in [-0.1, -0.05) is 6.07 Å². The molecule has 0 aromatic carbocycles. The van der Waals surface area contributed by atoms with Crippen molar-refractivity contribution in [1.29, 1.82) is 0 Å². The number of rotatable bonds is 1. The van der Waals surface area contributed by atoms with Crippen LogP contribution in [0.3, 0.4) is 0 Å². The van der Waals surface area contributed by atoms with Crippen molar-refractivity contribution in [1.82, 2.24) is 0 Å². The van der Waals surface area contributed by atoms with E-state index in [9.17, 15) is 4.79 Å². The molecule has 1 heterocycles. The summed E-state index contributed by atoms with van der Waals surface area (Å²) < 4.78 is 0. The van der Waals surface area contributed by atoms with E-state index in [0.717, 1.165) is 0 Å². The van der Waals surface area contributed by atoms with Crippen molar-refractivity contribution < 1.29 is 9.90 Å². The third-order valence-electron chi connectivity index (χ3n) is 0.732. The molecule has 1 aromatic rings. The van der Waals surface area contributed by atoms with E-state index < -0.39 is 5.97 Å². The fraction of sp³-hybridized carbons (Fsp3) is 0. The van der Waals surface area contributed by atoms with Gasteiger partial charge >= 0.3 is 5.97 Å². The van der Waals surface area contributed by atoms with E-state index >= 15 is 0 Å². The van der Waals surface area contributed by atoms with Gasteiger partial charge in [-0.05, 0) is 11.4 Å². The minimum Gasteiger partial charge on any atom is -0.477 e. The highest BCUT2D eigenvalue weighted by Crippen LogP contribution is 2.06. The summed E-state index contributed by atoms with van der Waals surface area (Å²) in [7, 11) is 0. The van der Waals surface area contributed by atoms with Crippen LogP contribution in [0.5, 0.6) is 0 Å². The largest absolute Gasteiger partial charge is 0.477 e. The SMILES string of the molecule is Cl.Cl.O=C(O)c1cccs1.